The highest BCUT2D eigenvalue weighted by molar-refractivity contribution is 7.90. The number of fused-ring (bicyclic) bond motifs is 1. The first-order valence-electron chi connectivity index (χ1n) is 12.8. The molecule has 2 aromatic heterocycles. The molecule has 0 radical (unpaired) electrons. The normalized spacial score (nSPS) is 12.5. The molecule has 42 heavy (non-hydrogen) atoms. The number of halogens is 1. The minimum Gasteiger partial charge on any atom is -0.478 e. The van der Waals surface area contributed by atoms with E-state index in [1.807, 2.05) is 49.4 Å². The molecule has 5 aromatic rings. The van der Waals surface area contributed by atoms with E-state index in [2.05, 4.69) is 20.2 Å². The van der Waals surface area contributed by atoms with Gasteiger partial charge in [-0.3, -0.25) is 10.1 Å². The van der Waals surface area contributed by atoms with Crippen molar-refractivity contribution < 1.29 is 27.4 Å². The second kappa shape index (κ2) is 11.8. The summed E-state index contributed by atoms with van der Waals surface area (Å²) in [5, 5.41) is 15.5. The molecule has 0 bridgehead atoms. The molecular weight excluding hydrogens is 559 g/mol. The molecule has 3 aromatic carbocycles. The summed E-state index contributed by atoms with van der Waals surface area (Å²) in [6, 6.07) is 20.1. The highest BCUT2D eigenvalue weighted by atomic mass is 32.2. The molecule has 0 saturated heterocycles. The van der Waals surface area contributed by atoms with E-state index in [1.54, 1.807) is 24.3 Å². The van der Waals surface area contributed by atoms with Gasteiger partial charge in [-0.25, -0.2) is 13.2 Å². The highest BCUT2D eigenvalue weighted by Gasteiger charge is 2.16. The lowest BCUT2D eigenvalue weighted by Gasteiger charge is -2.17. The topological polar surface area (TPSA) is 135 Å². The Kier molecular flexibility index (Phi) is 7.94. The summed E-state index contributed by atoms with van der Waals surface area (Å²) >= 11 is 0. The molecule has 0 unspecified atom stereocenters. The fraction of sp³-hybridized carbons (Fsp3) is 0.0968. The summed E-state index contributed by atoms with van der Waals surface area (Å²) in [5.74, 6) is -1.15. The van der Waals surface area contributed by atoms with Crippen LogP contribution in [-0.4, -0.2) is 45.9 Å². The predicted octanol–water partition coefficient (Wildman–Crippen LogP) is 6.15. The maximum absolute atomic E-state index is 14.4. The molecule has 212 valence electrons. The van der Waals surface area contributed by atoms with Gasteiger partial charge in [0.25, 0.3) is 0 Å². The number of aromatic nitrogens is 4. The third-order valence-electron chi connectivity index (χ3n) is 6.47. The van der Waals surface area contributed by atoms with E-state index < -0.39 is 21.8 Å². The average molecular weight is 585 g/mol. The Morgan fingerprint density at radius 1 is 1.00 bits per heavy atom. The van der Waals surface area contributed by atoms with Crippen LogP contribution in [0.25, 0.3) is 28.1 Å². The van der Waals surface area contributed by atoms with Gasteiger partial charge in [-0.1, -0.05) is 49.4 Å². The zero-order valence-corrected chi connectivity index (χ0v) is 23.4. The fourth-order valence-electron chi connectivity index (χ4n) is 4.51. The molecule has 0 amide bonds. The van der Waals surface area contributed by atoms with Gasteiger partial charge in [0.15, 0.2) is 14.9 Å². The molecule has 9 nitrogen and oxygen atoms in total. The minimum atomic E-state index is -3.54. The van der Waals surface area contributed by atoms with Crippen LogP contribution in [0.3, 0.4) is 0 Å². The summed E-state index contributed by atoms with van der Waals surface area (Å²) in [6.45, 7) is 2.02. The lowest BCUT2D eigenvalue weighted by atomic mass is 9.87. The molecule has 0 saturated carbocycles. The number of benzene rings is 3. The van der Waals surface area contributed by atoms with Crippen molar-refractivity contribution >= 4 is 43.9 Å². The number of allylic oxidation sites excluding steroid dienone is 1. The quantitative estimate of drug-likeness (QED) is 0.155. The average Bonchev–Trinajstić information content (AvgIpc) is 3.35. The molecule has 2 N–H and O–H groups in total. The number of ether oxygens (including phenoxy) is 1. The van der Waals surface area contributed by atoms with Crippen molar-refractivity contribution in [1.29, 1.82) is 0 Å². The smallest absolute Gasteiger partial charge is 0.328 e. The van der Waals surface area contributed by atoms with Gasteiger partial charge in [0.2, 0.25) is 11.8 Å². The van der Waals surface area contributed by atoms with Crippen LogP contribution < -0.4 is 4.74 Å². The molecule has 2 heterocycles. The first kappa shape index (κ1) is 28.4. The zero-order chi connectivity index (χ0) is 29.9. The number of hydrogen-bond donors (Lipinski definition) is 2. The van der Waals surface area contributed by atoms with Crippen LogP contribution in [0.4, 0.5) is 4.39 Å². The monoisotopic (exact) mass is 584 g/mol. The number of carboxylic acid groups (broad SMARTS) is 1. The SMILES string of the molecule is CC/C(=C(/c1ccc(/C=C/C(=O)O)cc1)c1ccc2[nH]nc(F)c2c1)c1ccc(Oc2cncc(S(C)(=O)=O)n2)cc1. The summed E-state index contributed by atoms with van der Waals surface area (Å²) < 4.78 is 43.9. The maximum Gasteiger partial charge on any atom is 0.328 e. The van der Waals surface area contributed by atoms with Gasteiger partial charge in [0.1, 0.15) is 5.75 Å². The second-order valence-corrected chi connectivity index (χ2v) is 11.3. The van der Waals surface area contributed by atoms with Gasteiger partial charge < -0.3 is 9.84 Å². The zero-order valence-electron chi connectivity index (χ0n) is 22.6. The van der Waals surface area contributed by atoms with Crippen LogP contribution in [0.15, 0.2) is 90.2 Å². The molecule has 0 aliphatic rings. The van der Waals surface area contributed by atoms with Gasteiger partial charge in [-0.2, -0.15) is 9.37 Å². The van der Waals surface area contributed by atoms with Crippen molar-refractivity contribution in [2.24, 2.45) is 0 Å². The van der Waals surface area contributed by atoms with Crippen molar-refractivity contribution in [3.63, 3.8) is 0 Å². The maximum atomic E-state index is 14.4. The van der Waals surface area contributed by atoms with E-state index in [9.17, 15) is 17.6 Å². The van der Waals surface area contributed by atoms with E-state index in [1.165, 1.54) is 12.3 Å². The third-order valence-corrected chi connectivity index (χ3v) is 7.43. The van der Waals surface area contributed by atoms with E-state index >= 15 is 0 Å². The molecule has 0 aliphatic heterocycles. The van der Waals surface area contributed by atoms with Crippen LogP contribution in [0.2, 0.25) is 0 Å². The van der Waals surface area contributed by atoms with Gasteiger partial charge in [-0.05, 0) is 70.2 Å². The van der Waals surface area contributed by atoms with Crippen LogP contribution in [0.5, 0.6) is 11.6 Å². The number of carbonyl (C=O) groups is 1. The standard InChI is InChI=1S/C31H25FN4O5S/c1-3-24(20-9-12-23(13-10-20)41-27-17-33-18-28(34-27)42(2,39)40)30(21-7-4-19(5-8-21)6-15-29(37)38)22-11-14-26-25(16-22)31(32)36-35-26/h4-18H,3H2,1-2H3,(H,35,36)(H,37,38)/b15-6+,30-24+. The molecule has 11 heteroatoms. The number of nitrogens with zero attached hydrogens (tertiary/aromatic N) is 3. The van der Waals surface area contributed by atoms with E-state index in [4.69, 9.17) is 9.84 Å². The molecule has 5 rings (SSSR count). The van der Waals surface area contributed by atoms with Gasteiger partial charge in [0, 0.05) is 12.3 Å². The fourth-order valence-corrected chi connectivity index (χ4v) is 5.02. The number of hydrogen-bond acceptors (Lipinski definition) is 7. The van der Waals surface area contributed by atoms with Crippen LogP contribution in [-0.2, 0) is 14.6 Å². The number of sulfone groups is 1. The third kappa shape index (κ3) is 6.26. The van der Waals surface area contributed by atoms with E-state index in [0.717, 1.165) is 51.9 Å². The van der Waals surface area contributed by atoms with Crippen molar-refractivity contribution in [1.82, 2.24) is 20.2 Å². The Bertz CT molecular complexity index is 1950. The number of H-pyrrole nitrogens is 1. The Morgan fingerprint density at radius 2 is 1.69 bits per heavy atom. The first-order valence-corrected chi connectivity index (χ1v) is 14.7. The van der Waals surface area contributed by atoms with E-state index in [-0.39, 0.29) is 10.9 Å². The number of rotatable bonds is 9. The van der Waals surface area contributed by atoms with Crippen LogP contribution in [0, 0.1) is 5.95 Å². The minimum absolute atomic E-state index is 0.0464. The van der Waals surface area contributed by atoms with Crippen LogP contribution in [0.1, 0.15) is 35.6 Å². The summed E-state index contributed by atoms with van der Waals surface area (Å²) in [5.41, 5.74) is 5.66. The lowest BCUT2D eigenvalue weighted by molar-refractivity contribution is -0.131. The van der Waals surface area contributed by atoms with Gasteiger partial charge >= 0.3 is 5.97 Å². The molecule has 0 aliphatic carbocycles. The highest BCUT2D eigenvalue weighted by Crippen LogP contribution is 2.36. The molecule has 0 spiro atoms. The number of nitrogens with one attached hydrogen (secondary N) is 1. The Labute approximate surface area is 241 Å². The Balaban J connectivity index is 1.57. The van der Waals surface area contributed by atoms with Crippen molar-refractivity contribution in [3.05, 3.63) is 113 Å². The number of carboxylic acids is 1. The van der Waals surface area contributed by atoms with E-state index in [0.29, 0.717) is 23.1 Å². The van der Waals surface area contributed by atoms with Crippen LogP contribution >= 0.6 is 0 Å². The number of aliphatic carboxylic acids is 1. The number of aromatic amines is 1. The van der Waals surface area contributed by atoms with Crippen molar-refractivity contribution in [2.75, 3.05) is 6.26 Å². The first-order chi connectivity index (χ1) is 20.1. The Morgan fingerprint density at radius 3 is 2.36 bits per heavy atom. The summed E-state index contributed by atoms with van der Waals surface area (Å²) in [4.78, 5) is 18.9. The summed E-state index contributed by atoms with van der Waals surface area (Å²) in [7, 11) is -3.54. The molecular formula is C31H25FN4O5S. The molecule has 0 fully saturated rings. The van der Waals surface area contributed by atoms with Gasteiger partial charge in [-0.15, -0.1) is 5.10 Å². The Hall–Kier alpha value is -5.16. The largest absolute Gasteiger partial charge is 0.478 e. The predicted molar refractivity (Wildman–Crippen MR) is 157 cm³/mol. The van der Waals surface area contributed by atoms with Gasteiger partial charge in [0.05, 0.1) is 23.3 Å². The summed E-state index contributed by atoms with van der Waals surface area (Å²) in [6.07, 6.45) is 6.75. The lowest BCUT2D eigenvalue weighted by Crippen LogP contribution is -2.02. The molecule has 0 atom stereocenters. The van der Waals surface area contributed by atoms with Crippen molar-refractivity contribution in [3.8, 4) is 11.6 Å². The second-order valence-electron chi connectivity index (χ2n) is 9.37. The van der Waals surface area contributed by atoms with Crippen molar-refractivity contribution in [2.45, 2.75) is 18.4 Å².